The Morgan fingerprint density at radius 2 is 1.61 bits per heavy atom. The van der Waals surface area contributed by atoms with Gasteiger partial charge < -0.3 is 25.2 Å². The van der Waals surface area contributed by atoms with Crippen LogP contribution in [0.1, 0.15) is 11.1 Å². The number of methoxy groups -OCH3 is 2. The van der Waals surface area contributed by atoms with Gasteiger partial charge >= 0.3 is 5.97 Å². The van der Waals surface area contributed by atoms with E-state index in [1.165, 1.54) is 0 Å². The van der Waals surface area contributed by atoms with Crippen LogP contribution in [-0.2, 0) is 27.2 Å². The summed E-state index contributed by atoms with van der Waals surface area (Å²) < 4.78 is 10.4. The van der Waals surface area contributed by atoms with Crippen molar-refractivity contribution < 1.29 is 29.0 Å². The summed E-state index contributed by atoms with van der Waals surface area (Å²) in [5.41, 5.74) is 1.73. The summed E-state index contributed by atoms with van der Waals surface area (Å²) in [4.78, 5) is 35.3. The molecule has 0 heterocycles. The van der Waals surface area contributed by atoms with E-state index in [9.17, 15) is 19.5 Å². The molecule has 0 fully saturated rings. The Balaban J connectivity index is 1.81. The summed E-state index contributed by atoms with van der Waals surface area (Å²) in [6.07, 6.45) is 2.80. The van der Waals surface area contributed by atoms with Crippen molar-refractivity contribution in [2.24, 2.45) is 0 Å². The van der Waals surface area contributed by atoms with Crippen LogP contribution >= 0.6 is 0 Å². The second-order valence-electron chi connectivity index (χ2n) is 6.65. The first-order valence-corrected chi connectivity index (χ1v) is 9.67. The molecule has 3 N–H and O–H groups in total. The van der Waals surface area contributed by atoms with E-state index in [0.717, 1.165) is 23.3 Å². The topological polar surface area (TPSA) is 114 Å². The molecular formula is C23H26N2O6. The molecule has 2 aromatic rings. The Bertz CT molecular complexity index is 927. The number of benzene rings is 2. The van der Waals surface area contributed by atoms with Crippen LogP contribution in [-0.4, -0.2) is 49.7 Å². The quantitative estimate of drug-likeness (QED) is 0.472. The van der Waals surface area contributed by atoms with E-state index in [4.69, 9.17) is 9.47 Å². The van der Waals surface area contributed by atoms with Crippen molar-refractivity contribution in [3.05, 3.63) is 71.8 Å². The van der Waals surface area contributed by atoms with Gasteiger partial charge in [-0.3, -0.25) is 9.59 Å². The van der Waals surface area contributed by atoms with Crippen LogP contribution < -0.4 is 20.1 Å². The van der Waals surface area contributed by atoms with Crippen molar-refractivity contribution in [2.75, 3.05) is 20.8 Å². The van der Waals surface area contributed by atoms with E-state index in [1.807, 2.05) is 18.2 Å². The predicted molar refractivity (Wildman–Crippen MR) is 115 cm³/mol. The summed E-state index contributed by atoms with van der Waals surface area (Å²) in [5, 5.41) is 14.4. The molecule has 2 amide bonds. The Morgan fingerprint density at radius 1 is 0.935 bits per heavy atom. The van der Waals surface area contributed by atoms with Crippen molar-refractivity contribution in [1.29, 1.82) is 0 Å². The maximum absolute atomic E-state index is 12.0. The van der Waals surface area contributed by atoms with Crippen LogP contribution in [0.3, 0.4) is 0 Å². The molecule has 164 valence electrons. The van der Waals surface area contributed by atoms with Crippen molar-refractivity contribution >= 4 is 17.8 Å². The molecule has 0 saturated carbocycles. The molecule has 0 aliphatic heterocycles. The first-order valence-electron chi connectivity index (χ1n) is 9.67. The highest BCUT2D eigenvalue weighted by molar-refractivity contribution is 5.98. The van der Waals surface area contributed by atoms with E-state index in [-0.39, 0.29) is 6.42 Å². The molecule has 8 heteroatoms. The van der Waals surface area contributed by atoms with Crippen molar-refractivity contribution in [2.45, 2.75) is 18.9 Å². The van der Waals surface area contributed by atoms with Crippen LogP contribution in [0.5, 0.6) is 11.5 Å². The Labute approximate surface area is 180 Å². The first kappa shape index (κ1) is 23.5. The first-order chi connectivity index (χ1) is 14.9. The molecule has 0 saturated heterocycles. The Hall–Kier alpha value is -3.81. The molecule has 0 aliphatic carbocycles. The highest BCUT2D eigenvalue weighted by atomic mass is 16.5. The van der Waals surface area contributed by atoms with Gasteiger partial charge in [-0.1, -0.05) is 36.4 Å². The third-order valence-corrected chi connectivity index (χ3v) is 4.44. The summed E-state index contributed by atoms with van der Waals surface area (Å²) in [6, 6.07) is 13.4. The van der Waals surface area contributed by atoms with Crippen LogP contribution in [0.2, 0.25) is 0 Å². The number of nitrogens with one attached hydrogen (secondary N) is 2. The van der Waals surface area contributed by atoms with Gasteiger partial charge in [0.05, 0.1) is 14.2 Å². The monoisotopic (exact) mass is 426 g/mol. The SMILES string of the molecule is COc1ccc(CCNC(=O)/C=C/C(=O)N[C@@H](Cc2ccccc2)C(=O)O)cc1OC. The number of amides is 2. The van der Waals surface area contributed by atoms with Crippen molar-refractivity contribution in [3.63, 3.8) is 0 Å². The lowest BCUT2D eigenvalue weighted by Crippen LogP contribution is -2.41. The molecule has 0 radical (unpaired) electrons. The number of rotatable bonds is 11. The van der Waals surface area contributed by atoms with Crippen LogP contribution in [0.15, 0.2) is 60.7 Å². The number of aliphatic carboxylic acids is 1. The molecule has 0 aliphatic rings. The summed E-state index contributed by atoms with van der Waals surface area (Å²) in [7, 11) is 3.11. The van der Waals surface area contributed by atoms with Crippen LogP contribution in [0, 0.1) is 0 Å². The molecule has 8 nitrogen and oxygen atoms in total. The van der Waals surface area contributed by atoms with Crippen molar-refractivity contribution in [3.8, 4) is 11.5 Å². The zero-order chi connectivity index (χ0) is 22.6. The van der Waals surface area contributed by atoms with Crippen molar-refractivity contribution in [1.82, 2.24) is 10.6 Å². The molecule has 0 bridgehead atoms. The van der Waals surface area contributed by atoms with Gasteiger partial charge in [0.2, 0.25) is 11.8 Å². The third-order valence-electron chi connectivity index (χ3n) is 4.44. The molecule has 0 aromatic heterocycles. The molecule has 31 heavy (non-hydrogen) atoms. The zero-order valence-electron chi connectivity index (χ0n) is 17.5. The van der Waals surface area contributed by atoms with E-state index in [2.05, 4.69) is 10.6 Å². The zero-order valence-corrected chi connectivity index (χ0v) is 17.5. The van der Waals surface area contributed by atoms with Crippen LogP contribution in [0.4, 0.5) is 0 Å². The number of carboxylic acid groups (broad SMARTS) is 1. The Kier molecular flexibility index (Phi) is 9.10. The summed E-state index contributed by atoms with van der Waals surface area (Å²) in [6.45, 7) is 0.353. The molecule has 2 aromatic carbocycles. The van der Waals surface area contributed by atoms with E-state index in [0.29, 0.717) is 24.5 Å². The molecule has 2 rings (SSSR count). The molecular weight excluding hydrogens is 400 g/mol. The minimum Gasteiger partial charge on any atom is -0.493 e. The van der Waals surface area contributed by atoms with Gasteiger partial charge in [-0.25, -0.2) is 4.79 Å². The third kappa shape index (κ3) is 7.85. The largest absolute Gasteiger partial charge is 0.493 e. The van der Waals surface area contributed by atoms with Gasteiger partial charge in [-0.15, -0.1) is 0 Å². The second kappa shape index (κ2) is 12.0. The Morgan fingerprint density at radius 3 is 2.26 bits per heavy atom. The van der Waals surface area contributed by atoms with Gasteiger partial charge in [0, 0.05) is 25.1 Å². The number of carboxylic acids is 1. The van der Waals surface area contributed by atoms with Gasteiger partial charge in [0.25, 0.3) is 0 Å². The molecule has 1 atom stereocenters. The number of carbonyl (C=O) groups is 3. The maximum Gasteiger partial charge on any atom is 0.326 e. The van der Waals surface area contributed by atoms with E-state index < -0.39 is 23.8 Å². The summed E-state index contributed by atoms with van der Waals surface area (Å²) in [5.74, 6) is -1.03. The highest BCUT2D eigenvalue weighted by Gasteiger charge is 2.19. The van der Waals surface area contributed by atoms with Gasteiger partial charge in [-0.05, 0) is 29.7 Å². The highest BCUT2D eigenvalue weighted by Crippen LogP contribution is 2.27. The van der Waals surface area contributed by atoms with E-state index in [1.54, 1.807) is 44.6 Å². The predicted octanol–water partition coefficient (Wildman–Crippen LogP) is 1.73. The lowest BCUT2D eigenvalue weighted by Gasteiger charge is -2.13. The lowest BCUT2D eigenvalue weighted by atomic mass is 10.1. The number of ether oxygens (including phenoxy) is 2. The second-order valence-corrected chi connectivity index (χ2v) is 6.65. The average Bonchev–Trinajstić information content (AvgIpc) is 2.77. The minimum atomic E-state index is -1.15. The van der Waals surface area contributed by atoms with Gasteiger partial charge in [-0.2, -0.15) is 0 Å². The molecule has 0 unspecified atom stereocenters. The van der Waals surface area contributed by atoms with Gasteiger partial charge in [0.1, 0.15) is 6.04 Å². The maximum atomic E-state index is 12.0. The summed E-state index contributed by atoms with van der Waals surface area (Å²) >= 11 is 0. The average molecular weight is 426 g/mol. The van der Waals surface area contributed by atoms with Gasteiger partial charge in [0.15, 0.2) is 11.5 Å². The number of hydrogen-bond donors (Lipinski definition) is 3. The smallest absolute Gasteiger partial charge is 0.326 e. The number of hydrogen-bond acceptors (Lipinski definition) is 5. The van der Waals surface area contributed by atoms with Crippen LogP contribution in [0.25, 0.3) is 0 Å². The number of carbonyl (C=O) groups excluding carboxylic acids is 2. The fourth-order valence-electron chi connectivity index (χ4n) is 2.85. The van der Waals surface area contributed by atoms with E-state index >= 15 is 0 Å². The normalized spacial score (nSPS) is 11.5. The minimum absolute atomic E-state index is 0.146. The fraction of sp³-hybridized carbons (Fsp3) is 0.261. The standard InChI is InChI=1S/C23H26N2O6/c1-30-19-9-8-17(15-20(19)31-2)12-13-24-21(26)10-11-22(27)25-18(23(28)29)14-16-6-4-3-5-7-16/h3-11,15,18H,12-14H2,1-2H3,(H,24,26)(H,25,27)(H,28,29)/b11-10+/t18-/m0/s1. The lowest BCUT2D eigenvalue weighted by molar-refractivity contribution is -0.141. The molecule has 0 spiro atoms. The fourth-order valence-corrected chi connectivity index (χ4v) is 2.85.